The van der Waals surface area contributed by atoms with Crippen molar-refractivity contribution in [1.29, 1.82) is 0 Å². The third-order valence-corrected chi connectivity index (χ3v) is 10.6. The molecule has 0 radical (unpaired) electrons. The van der Waals surface area contributed by atoms with Crippen LogP contribution in [-0.4, -0.2) is 23.3 Å². The second-order valence-electron chi connectivity index (χ2n) is 12.9. The predicted molar refractivity (Wildman–Crippen MR) is 130 cm³/mol. The van der Waals surface area contributed by atoms with E-state index < -0.39 is 0 Å². The van der Waals surface area contributed by atoms with Crippen LogP contribution in [0, 0.1) is 46.3 Å². The molecular weight excluding hydrogens is 396 g/mol. The molecule has 0 aliphatic heterocycles. The predicted octanol–water partition coefficient (Wildman–Crippen LogP) is 6.93. The minimum Gasteiger partial charge on any atom is -0.462 e. The molecule has 3 fully saturated rings. The number of hydrogen-bond acceptors (Lipinski definition) is 3. The summed E-state index contributed by atoms with van der Waals surface area (Å²) in [6.45, 7) is 13.7. The maximum Gasteiger partial charge on any atom is 0.302 e. The van der Waals surface area contributed by atoms with Gasteiger partial charge in [0.1, 0.15) is 6.10 Å². The highest BCUT2D eigenvalue weighted by Crippen LogP contribution is 2.67. The average Bonchev–Trinajstić information content (AvgIpc) is 3.05. The summed E-state index contributed by atoms with van der Waals surface area (Å²) >= 11 is 0. The number of ether oxygens (including phenoxy) is 1. The summed E-state index contributed by atoms with van der Waals surface area (Å²) in [4.78, 5) is 11.5. The van der Waals surface area contributed by atoms with Crippen molar-refractivity contribution in [2.45, 2.75) is 118 Å². The van der Waals surface area contributed by atoms with E-state index in [-0.39, 0.29) is 23.6 Å². The fourth-order valence-corrected chi connectivity index (χ4v) is 8.98. The number of rotatable bonds is 6. The average molecular weight is 445 g/mol. The lowest BCUT2D eigenvalue weighted by atomic mass is 9.46. The first kappa shape index (κ1) is 24.3. The van der Waals surface area contributed by atoms with Gasteiger partial charge < -0.3 is 9.84 Å². The van der Waals surface area contributed by atoms with E-state index in [9.17, 15) is 9.90 Å². The van der Waals surface area contributed by atoms with Crippen LogP contribution < -0.4 is 0 Å². The molecule has 3 saturated carbocycles. The van der Waals surface area contributed by atoms with Crippen LogP contribution in [0.3, 0.4) is 0 Å². The third-order valence-electron chi connectivity index (χ3n) is 10.6. The normalized spacial score (nSPS) is 44.3. The number of carbonyl (C=O) groups excluding carboxylic acids is 1. The molecule has 0 spiro atoms. The SMILES string of the molecule is CC(=O)O[C@H]1CC[C@@]2(C)C(=C[C@@H](O)[C@H]3[C@@H]4CC[C@H]([C@H](C)CCCC(C)C)[C@@]4(C)CC[C@@H]32)C1. The molecule has 0 amide bonds. The van der Waals surface area contributed by atoms with Crippen molar-refractivity contribution >= 4 is 5.97 Å². The first-order chi connectivity index (χ1) is 15.1. The van der Waals surface area contributed by atoms with Gasteiger partial charge in [-0.2, -0.15) is 0 Å². The molecule has 182 valence electrons. The van der Waals surface area contributed by atoms with Crippen LogP contribution in [0.15, 0.2) is 11.6 Å². The van der Waals surface area contributed by atoms with Crippen LogP contribution in [0.2, 0.25) is 0 Å². The summed E-state index contributed by atoms with van der Waals surface area (Å²) in [6, 6.07) is 0. The van der Waals surface area contributed by atoms with E-state index >= 15 is 0 Å². The van der Waals surface area contributed by atoms with E-state index in [1.165, 1.54) is 57.4 Å². The highest BCUT2D eigenvalue weighted by Gasteiger charge is 2.61. The van der Waals surface area contributed by atoms with Crippen molar-refractivity contribution in [3.63, 3.8) is 0 Å². The van der Waals surface area contributed by atoms with Gasteiger partial charge in [0.15, 0.2) is 0 Å². The fourth-order valence-electron chi connectivity index (χ4n) is 8.98. The van der Waals surface area contributed by atoms with Gasteiger partial charge in [0.2, 0.25) is 0 Å². The Morgan fingerprint density at radius 2 is 1.84 bits per heavy atom. The van der Waals surface area contributed by atoms with Crippen LogP contribution in [0.1, 0.15) is 106 Å². The molecule has 4 aliphatic rings. The summed E-state index contributed by atoms with van der Waals surface area (Å²) < 4.78 is 5.57. The Hall–Kier alpha value is -0.830. The molecular formula is C29H48O3. The van der Waals surface area contributed by atoms with E-state index in [1.807, 2.05) is 0 Å². The molecule has 4 aliphatic carbocycles. The van der Waals surface area contributed by atoms with E-state index in [1.54, 1.807) is 0 Å². The first-order valence-corrected chi connectivity index (χ1v) is 13.6. The number of carbonyl (C=O) groups is 1. The molecule has 1 N–H and O–H groups in total. The van der Waals surface area contributed by atoms with Gasteiger partial charge in [-0.05, 0) is 84.9 Å². The van der Waals surface area contributed by atoms with Crippen molar-refractivity contribution in [2.24, 2.45) is 46.3 Å². The van der Waals surface area contributed by atoms with Crippen molar-refractivity contribution in [3.05, 3.63) is 11.6 Å². The van der Waals surface area contributed by atoms with Gasteiger partial charge in [-0.1, -0.05) is 65.5 Å². The summed E-state index contributed by atoms with van der Waals surface area (Å²) in [7, 11) is 0. The van der Waals surface area contributed by atoms with Crippen LogP contribution in [-0.2, 0) is 9.53 Å². The van der Waals surface area contributed by atoms with Crippen LogP contribution >= 0.6 is 0 Å². The molecule has 9 atom stereocenters. The minimum absolute atomic E-state index is 0.00742. The number of esters is 1. The molecule has 3 heteroatoms. The minimum atomic E-state index is -0.334. The van der Waals surface area contributed by atoms with Gasteiger partial charge in [0, 0.05) is 13.3 Å². The molecule has 0 saturated heterocycles. The highest BCUT2D eigenvalue weighted by atomic mass is 16.5. The molecule has 0 unspecified atom stereocenters. The zero-order valence-corrected chi connectivity index (χ0v) is 21.5. The second-order valence-corrected chi connectivity index (χ2v) is 12.9. The summed E-state index contributed by atoms with van der Waals surface area (Å²) in [5.41, 5.74) is 1.92. The van der Waals surface area contributed by atoms with Crippen molar-refractivity contribution in [1.82, 2.24) is 0 Å². The molecule has 0 aromatic carbocycles. The van der Waals surface area contributed by atoms with Crippen molar-refractivity contribution in [3.8, 4) is 0 Å². The molecule has 3 nitrogen and oxygen atoms in total. The Bertz CT molecular complexity index is 726. The van der Waals surface area contributed by atoms with Crippen LogP contribution in [0.5, 0.6) is 0 Å². The Morgan fingerprint density at radius 1 is 1.09 bits per heavy atom. The standard InChI is InChI=1S/C29H48O3/c1-18(2)8-7-9-19(3)23-10-11-24-27-25(13-15-29(23,24)6)28(5)14-12-22(32-20(4)30)16-21(28)17-26(27)31/h17-19,22-27,31H,7-16H2,1-6H3/t19-,22+,23-,24+,25+,26-,27+,28+,29-/m1/s1. The lowest BCUT2D eigenvalue weighted by Gasteiger charge is -2.59. The van der Waals surface area contributed by atoms with Gasteiger partial charge in [0.05, 0.1) is 6.10 Å². The smallest absolute Gasteiger partial charge is 0.302 e. The molecule has 0 heterocycles. The van der Waals surface area contributed by atoms with Crippen LogP contribution in [0.4, 0.5) is 0 Å². The van der Waals surface area contributed by atoms with Gasteiger partial charge in [0.25, 0.3) is 0 Å². The zero-order valence-electron chi connectivity index (χ0n) is 21.5. The van der Waals surface area contributed by atoms with Gasteiger partial charge in [-0.3, -0.25) is 4.79 Å². The van der Waals surface area contributed by atoms with E-state index in [2.05, 4.69) is 40.7 Å². The van der Waals surface area contributed by atoms with Gasteiger partial charge in [-0.15, -0.1) is 0 Å². The van der Waals surface area contributed by atoms with Gasteiger partial charge >= 0.3 is 5.97 Å². The molecule has 4 rings (SSSR count). The topological polar surface area (TPSA) is 46.5 Å². The number of fused-ring (bicyclic) bond motifs is 5. The number of aliphatic hydroxyl groups is 1. The summed E-state index contributed by atoms with van der Waals surface area (Å²) in [5.74, 6) is 3.85. The summed E-state index contributed by atoms with van der Waals surface area (Å²) in [6.07, 6.45) is 14.0. The Morgan fingerprint density at radius 3 is 2.53 bits per heavy atom. The van der Waals surface area contributed by atoms with Crippen molar-refractivity contribution in [2.75, 3.05) is 0 Å². The fraction of sp³-hybridized carbons (Fsp3) is 0.897. The van der Waals surface area contributed by atoms with E-state index in [4.69, 9.17) is 4.74 Å². The zero-order chi connectivity index (χ0) is 23.3. The monoisotopic (exact) mass is 444 g/mol. The summed E-state index contributed by atoms with van der Waals surface area (Å²) in [5, 5.41) is 11.4. The Labute approximate surface area is 196 Å². The Balaban J connectivity index is 1.51. The van der Waals surface area contributed by atoms with Gasteiger partial charge in [-0.25, -0.2) is 0 Å². The highest BCUT2D eigenvalue weighted by molar-refractivity contribution is 5.66. The lowest BCUT2D eigenvalue weighted by Crippen LogP contribution is -2.55. The van der Waals surface area contributed by atoms with Crippen molar-refractivity contribution < 1.29 is 14.6 Å². The second kappa shape index (κ2) is 9.08. The third kappa shape index (κ3) is 4.21. The number of aliphatic hydroxyl groups excluding tert-OH is 1. The van der Waals surface area contributed by atoms with E-state index in [0.717, 1.165) is 37.0 Å². The van der Waals surface area contributed by atoms with Crippen LogP contribution in [0.25, 0.3) is 0 Å². The Kier molecular flexibility index (Phi) is 6.90. The maximum absolute atomic E-state index is 11.5. The molecule has 0 aromatic rings. The quantitative estimate of drug-likeness (QED) is 0.357. The van der Waals surface area contributed by atoms with E-state index in [0.29, 0.717) is 23.2 Å². The maximum atomic E-state index is 11.5. The largest absolute Gasteiger partial charge is 0.462 e. The first-order valence-electron chi connectivity index (χ1n) is 13.6. The molecule has 32 heavy (non-hydrogen) atoms. The molecule has 0 bridgehead atoms. The lowest BCUT2D eigenvalue weighted by molar-refractivity contribution is -0.149. The molecule has 0 aromatic heterocycles. The number of hydrogen-bond donors (Lipinski definition) is 1.